The summed E-state index contributed by atoms with van der Waals surface area (Å²) in [5.74, 6) is -0.000771. The number of hydrogen-bond acceptors (Lipinski definition) is 4. The Bertz CT molecular complexity index is 476. The maximum absolute atomic E-state index is 11.8. The predicted octanol–water partition coefficient (Wildman–Crippen LogP) is 1.77. The molecule has 5 nitrogen and oxygen atoms in total. The van der Waals surface area contributed by atoms with Gasteiger partial charge in [0, 0.05) is 18.7 Å². The van der Waals surface area contributed by atoms with Gasteiger partial charge in [-0.2, -0.15) is 5.26 Å². The summed E-state index contributed by atoms with van der Waals surface area (Å²) >= 11 is 0. The van der Waals surface area contributed by atoms with E-state index in [9.17, 15) is 4.79 Å². The molecule has 0 spiro atoms. The van der Waals surface area contributed by atoms with Crippen LogP contribution in [0.5, 0.6) is 0 Å². The molecule has 0 saturated heterocycles. The van der Waals surface area contributed by atoms with Crippen LogP contribution in [0.1, 0.15) is 18.4 Å². The highest BCUT2D eigenvalue weighted by atomic mass is 16.1. The normalized spacial score (nSPS) is 10.7. The average Bonchev–Trinajstić information content (AvgIpc) is 2.45. The van der Waals surface area contributed by atoms with Gasteiger partial charge in [-0.25, -0.2) is 0 Å². The van der Waals surface area contributed by atoms with Gasteiger partial charge in [0.05, 0.1) is 11.6 Å². The topological polar surface area (TPSA) is 59.4 Å². The van der Waals surface area contributed by atoms with E-state index in [1.807, 2.05) is 7.05 Å². The fourth-order valence-electron chi connectivity index (χ4n) is 1.91. The van der Waals surface area contributed by atoms with Gasteiger partial charge in [-0.3, -0.25) is 4.79 Å². The lowest BCUT2D eigenvalue weighted by Gasteiger charge is -2.17. The van der Waals surface area contributed by atoms with Crippen molar-refractivity contribution in [2.45, 2.75) is 12.8 Å². The molecule has 1 aromatic rings. The number of hydrogen-bond donors (Lipinski definition) is 1. The van der Waals surface area contributed by atoms with Gasteiger partial charge in [0.25, 0.3) is 0 Å². The lowest BCUT2D eigenvalue weighted by molar-refractivity contribution is -0.116. The summed E-state index contributed by atoms with van der Waals surface area (Å²) < 4.78 is 0. The Morgan fingerprint density at radius 2 is 1.81 bits per heavy atom. The van der Waals surface area contributed by atoms with Crippen LogP contribution in [0.4, 0.5) is 5.69 Å². The second-order valence-electron chi connectivity index (χ2n) is 5.45. The Kier molecular flexibility index (Phi) is 7.44. The molecule has 1 amide bonds. The number of nitrogens with zero attached hydrogens (tertiary/aromatic N) is 3. The first-order valence-electron chi connectivity index (χ1n) is 7.14. The van der Waals surface area contributed by atoms with Crippen molar-refractivity contribution in [2.75, 3.05) is 46.1 Å². The van der Waals surface area contributed by atoms with Crippen LogP contribution in [0, 0.1) is 11.3 Å². The summed E-state index contributed by atoms with van der Waals surface area (Å²) in [4.78, 5) is 16.2. The Labute approximate surface area is 127 Å². The molecule has 0 heterocycles. The van der Waals surface area contributed by atoms with Gasteiger partial charge in [-0.1, -0.05) is 0 Å². The number of nitriles is 1. The second kappa shape index (κ2) is 9.11. The molecule has 0 aliphatic rings. The number of rotatable bonds is 8. The van der Waals surface area contributed by atoms with Crippen molar-refractivity contribution in [3.63, 3.8) is 0 Å². The van der Waals surface area contributed by atoms with Crippen molar-refractivity contribution in [1.29, 1.82) is 5.26 Å². The van der Waals surface area contributed by atoms with E-state index in [4.69, 9.17) is 5.26 Å². The summed E-state index contributed by atoms with van der Waals surface area (Å²) in [5, 5.41) is 11.6. The molecule has 0 aromatic heterocycles. The fraction of sp³-hybridized carbons (Fsp3) is 0.500. The standard InChI is InChI=1S/C16H24N4O/c1-19(2)10-4-11-20(3)12-9-16(21)18-15-7-5-14(13-17)6-8-15/h5-8H,4,9-12H2,1-3H3,(H,18,21). The Balaban J connectivity index is 2.25. The van der Waals surface area contributed by atoms with E-state index < -0.39 is 0 Å². The molecule has 0 radical (unpaired) electrons. The van der Waals surface area contributed by atoms with Crippen LogP contribution in [0.15, 0.2) is 24.3 Å². The molecule has 0 aliphatic heterocycles. The van der Waals surface area contributed by atoms with Gasteiger partial charge < -0.3 is 15.1 Å². The third kappa shape index (κ3) is 7.45. The summed E-state index contributed by atoms with van der Waals surface area (Å²) in [5.41, 5.74) is 1.32. The van der Waals surface area contributed by atoms with Crippen LogP contribution < -0.4 is 5.32 Å². The van der Waals surface area contributed by atoms with Gasteiger partial charge in [-0.15, -0.1) is 0 Å². The zero-order chi connectivity index (χ0) is 15.7. The minimum Gasteiger partial charge on any atom is -0.326 e. The van der Waals surface area contributed by atoms with Gasteiger partial charge in [-0.05, 0) is 64.9 Å². The molecule has 1 rings (SSSR count). The smallest absolute Gasteiger partial charge is 0.225 e. The summed E-state index contributed by atoms with van der Waals surface area (Å²) in [6, 6.07) is 8.94. The largest absolute Gasteiger partial charge is 0.326 e. The maximum Gasteiger partial charge on any atom is 0.225 e. The van der Waals surface area contributed by atoms with Crippen molar-refractivity contribution < 1.29 is 4.79 Å². The van der Waals surface area contributed by atoms with E-state index in [-0.39, 0.29) is 5.91 Å². The van der Waals surface area contributed by atoms with Gasteiger partial charge in [0.15, 0.2) is 0 Å². The summed E-state index contributed by atoms with van der Waals surface area (Å²) in [6.07, 6.45) is 1.57. The van der Waals surface area contributed by atoms with Gasteiger partial charge in [0.1, 0.15) is 0 Å². The molecule has 0 unspecified atom stereocenters. The second-order valence-corrected chi connectivity index (χ2v) is 5.45. The Morgan fingerprint density at radius 3 is 2.38 bits per heavy atom. The highest BCUT2D eigenvalue weighted by Crippen LogP contribution is 2.09. The first-order chi connectivity index (χ1) is 10.0. The van der Waals surface area contributed by atoms with Gasteiger partial charge in [0.2, 0.25) is 5.91 Å². The highest BCUT2D eigenvalue weighted by molar-refractivity contribution is 5.90. The van der Waals surface area contributed by atoms with E-state index in [2.05, 4.69) is 35.3 Å². The molecule has 0 saturated carbocycles. The number of carbonyl (C=O) groups excluding carboxylic acids is 1. The minimum atomic E-state index is -0.000771. The molecule has 0 fully saturated rings. The van der Waals surface area contributed by atoms with Crippen LogP contribution in [-0.4, -0.2) is 56.5 Å². The van der Waals surface area contributed by atoms with Crippen LogP contribution in [-0.2, 0) is 4.79 Å². The highest BCUT2D eigenvalue weighted by Gasteiger charge is 2.05. The lowest BCUT2D eigenvalue weighted by Crippen LogP contribution is -2.27. The monoisotopic (exact) mass is 288 g/mol. The van der Waals surface area contributed by atoms with Crippen LogP contribution in [0.2, 0.25) is 0 Å². The van der Waals surface area contributed by atoms with Crippen LogP contribution in [0.25, 0.3) is 0 Å². The van der Waals surface area contributed by atoms with E-state index >= 15 is 0 Å². The van der Waals surface area contributed by atoms with E-state index in [1.165, 1.54) is 0 Å². The quantitative estimate of drug-likeness (QED) is 0.792. The van der Waals surface area contributed by atoms with Crippen molar-refractivity contribution in [3.05, 3.63) is 29.8 Å². The molecular weight excluding hydrogens is 264 g/mol. The minimum absolute atomic E-state index is 0.000771. The SMILES string of the molecule is CN(C)CCCN(C)CCC(=O)Nc1ccc(C#N)cc1. The molecule has 114 valence electrons. The number of amides is 1. The molecule has 21 heavy (non-hydrogen) atoms. The number of benzene rings is 1. The molecule has 1 aromatic carbocycles. The third-order valence-corrected chi connectivity index (χ3v) is 3.16. The first kappa shape index (κ1) is 17.2. The Hall–Kier alpha value is -1.90. The summed E-state index contributed by atoms with van der Waals surface area (Å²) in [6.45, 7) is 2.79. The van der Waals surface area contributed by atoms with Crippen LogP contribution >= 0.6 is 0 Å². The lowest BCUT2D eigenvalue weighted by atomic mass is 10.2. The molecule has 0 atom stereocenters. The molecule has 5 heteroatoms. The maximum atomic E-state index is 11.8. The van der Waals surface area contributed by atoms with Crippen molar-refractivity contribution in [3.8, 4) is 6.07 Å². The van der Waals surface area contributed by atoms with E-state index in [0.29, 0.717) is 12.0 Å². The zero-order valence-electron chi connectivity index (χ0n) is 13.1. The van der Waals surface area contributed by atoms with Crippen molar-refractivity contribution in [1.82, 2.24) is 9.80 Å². The Morgan fingerprint density at radius 1 is 1.14 bits per heavy atom. The van der Waals surface area contributed by atoms with Crippen molar-refractivity contribution in [2.24, 2.45) is 0 Å². The third-order valence-electron chi connectivity index (χ3n) is 3.16. The molecular formula is C16H24N4O. The molecule has 0 bridgehead atoms. The zero-order valence-corrected chi connectivity index (χ0v) is 13.1. The number of nitrogens with one attached hydrogen (secondary N) is 1. The predicted molar refractivity (Wildman–Crippen MR) is 85.1 cm³/mol. The molecule has 1 N–H and O–H groups in total. The average molecular weight is 288 g/mol. The van der Waals surface area contributed by atoms with Crippen molar-refractivity contribution >= 4 is 11.6 Å². The first-order valence-corrected chi connectivity index (χ1v) is 7.14. The summed E-state index contributed by atoms with van der Waals surface area (Å²) in [7, 11) is 6.15. The number of carbonyl (C=O) groups is 1. The number of anilines is 1. The fourth-order valence-corrected chi connectivity index (χ4v) is 1.91. The molecule has 0 aliphatic carbocycles. The van der Waals surface area contributed by atoms with E-state index in [1.54, 1.807) is 24.3 Å². The van der Waals surface area contributed by atoms with Crippen LogP contribution in [0.3, 0.4) is 0 Å². The van der Waals surface area contributed by atoms with E-state index in [0.717, 1.165) is 31.7 Å². The van der Waals surface area contributed by atoms with Gasteiger partial charge >= 0.3 is 0 Å².